The van der Waals surface area contributed by atoms with Crippen LogP contribution in [0, 0.1) is 13.8 Å². The molecule has 0 atom stereocenters. The Kier molecular flexibility index (Phi) is 6.64. The highest BCUT2D eigenvalue weighted by Gasteiger charge is 2.15. The van der Waals surface area contributed by atoms with Gasteiger partial charge in [0.05, 0.1) is 12.9 Å². The lowest BCUT2D eigenvalue weighted by Gasteiger charge is -2.12. The lowest BCUT2D eigenvalue weighted by molar-refractivity contribution is -0.116. The third-order valence-corrected chi connectivity index (χ3v) is 5.70. The van der Waals surface area contributed by atoms with E-state index in [2.05, 4.69) is 42.6 Å². The number of furan rings is 1. The second-order valence-corrected chi connectivity index (χ2v) is 8.32. The van der Waals surface area contributed by atoms with Crippen LogP contribution in [0.15, 0.2) is 77.4 Å². The van der Waals surface area contributed by atoms with E-state index in [4.69, 9.17) is 9.15 Å². The van der Waals surface area contributed by atoms with Gasteiger partial charge in [0.15, 0.2) is 0 Å². The Morgan fingerprint density at radius 2 is 1.67 bits per heavy atom. The molecule has 0 fully saturated rings. The highest BCUT2D eigenvalue weighted by atomic mass is 16.5. The van der Waals surface area contributed by atoms with E-state index in [1.54, 1.807) is 12.3 Å². The van der Waals surface area contributed by atoms with E-state index in [0.717, 1.165) is 38.8 Å². The minimum Gasteiger partial charge on any atom is -0.493 e. The second kappa shape index (κ2) is 9.78. The van der Waals surface area contributed by atoms with Crippen LogP contribution < -0.4 is 10.1 Å². The lowest BCUT2D eigenvalue weighted by atomic mass is 9.98. The first-order chi connectivity index (χ1) is 15.9. The Morgan fingerprint density at radius 1 is 1.00 bits per heavy atom. The SMILES string of the molecule is CCOc1cc2occ(-c3ccc(C)cc3)c2cc1/C(C)=C/C(=O)NCc1ccc(C)cc1. The van der Waals surface area contributed by atoms with Crippen LogP contribution in [-0.4, -0.2) is 12.5 Å². The maximum absolute atomic E-state index is 12.6. The van der Waals surface area contributed by atoms with Crippen molar-refractivity contribution in [2.24, 2.45) is 0 Å². The molecule has 168 valence electrons. The molecule has 0 radical (unpaired) electrons. The number of carbonyl (C=O) groups excluding carboxylic acids is 1. The molecule has 1 heterocycles. The third-order valence-electron chi connectivity index (χ3n) is 5.70. The molecule has 1 aromatic heterocycles. The van der Waals surface area contributed by atoms with Gasteiger partial charge in [-0.1, -0.05) is 59.7 Å². The number of nitrogens with one attached hydrogen (secondary N) is 1. The van der Waals surface area contributed by atoms with Gasteiger partial charge >= 0.3 is 0 Å². The quantitative estimate of drug-likeness (QED) is 0.321. The van der Waals surface area contributed by atoms with Crippen molar-refractivity contribution in [3.63, 3.8) is 0 Å². The maximum Gasteiger partial charge on any atom is 0.244 e. The Balaban J connectivity index is 1.64. The van der Waals surface area contributed by atoms with E-state index < -0.39 is 0 Å². The number of rotatable bonds is 7. The normalized spacial score (nSPS) is 11.6. The fourth-order valence-corrected chi connectivity index (χ4v) is 3.82. The van der Waals surface area contributed by atoms with Gasteiger partial charge < -0.3 is 14.5 Å². The van der Waals surface area contributed by atoms with Crippen LogP contribution in [0.25, 0.3) is 27.7 Å². The summed E-state index contributed by atoms with van der Waals surface area (Å²) in [6.07, 6.45) is 3.41. The highest BCUT2D eigenvalue weighted by molar-refractivity contribution is 6.00. The van der Waals surface area contributed by atoms with E-state index in [1.165, 1.54) is 11.1 Å². The summed E-state index contributed by atoms with van der Waals surface area (Å²) in [5.41, 5.74) is 8.05. The van der Waals surface area contributed by atoms with Crippen LogP contribution in [0.2, 0.25) is 0 Å². The van der Waals surface area contributed by atoms with Crippen molar-refractivity contribution in [3.05, 3.63) is 95.3 Å². The van der Waals surface area contributed by atoms with Crippen molar-refractivity contribution in [1.82, 2.24) is 5.32 Å². The van der Waals surface area contributed by atoms with Gasteiger partial charge in [-0.3, -0.25) is 4.79 Å². The monoisotopic (exact) mass is 439 g/mol. The van der Waals surface area contributed by atoms with Crippen LogP contribution in [0.3, 0.4) is 0 Å². The van der Waals surface area contributed by atoms with Crippen molar-refractivity contribution < 1.29 is 13.9 Å². The molecule has 0 aliphatic heterocycles. The zero-order valence-corrected chi connectivity index (χ0v) is 19.6. The third kappa shape index (κ3) is 5.17. The van der Waals surface area contributed by atoms with E-state index in [1.807, 2.05) is 51.1 Å². The average Bonchev–Trinajstić information content (AvgIpc) is 3.21. The van der Waals surface area contributed by atoms with Gasteiger partial charge in [-0.25, -0.2) is 0 Å². The minimum absolute atomic E-state index is 0.137. The largest absolute Gasteiger partial charge is 0.493 e. The highest BCUT2D eigenvalue weighted by Crippen LogP contribution is 2.37. The summed E-state index contributed by atoms with van der Waals surface area (Å²) in [5.74, 6) is 0.566. The van der Waals surface area contributed by atoms with Gasteiger partial charge in [-0.05, 0) is 50.5 Å². The molecule has 4 nitrogen and oxygen atoms in total. The lowest BCUT2D eigenvalue weighted by Crippen LogP contribution is -2.20. The van der Waals surface area contributed by atoms with Crippen LogP contribution in [-0.2, 0) is 11.3 Å². The predicted molar refractivity (Wildman–Crippen MR) is 134 cm³/mol. The summed E-state index contributed by atoms with van der Waals surface area (Å²) in [4.78, 5) is 12.6. The molecule has 0 aliphatic rings. The summed E-state index contributed by atoms with van der Waals surface area (Å²) in [7, 11) is 0. The van der Waals surface area contributed by atoms with Crippen molar-refractivity contribution in [3.8, 4) is 16.9 Å². The first-order valence-electron chi connectivity index (χ1n) is 11.2. The molecule has 0 saturated heterocycles. The molecule has 0 saturated carbocycles. The standard InChI is InChI=1S/C29H29NO3/c1-5-32-27-16-28-25(26(18-33-28)23-12-8-20(3)9-13-23)15-24(27)21(4)14-29(31)30-17-22-10-6-19(2)7-11-22/h6-16,18H,5,17H2,1-4H3,(H,30,31)/b21-14+. The number of benzene rings is 3. The molecule has 4 aromatic rings. The summed E-state index contributed by atoms with van der Waals surface area (Å²) in [6, 6.07) is 20.5. The minimum atomic E-state index is -0.137. The van der Waals surface area contributed by atoms with Gasteiger partial charge in [0, 0.05) is 35.2 Å². The molecular weight excluding hydrogens is 410 g/mol. The summed E-state index contributed by atoms with van der Waals surface area (Å²) in [5, 5.41) is 3.96. The molecule has 1 N–H and O–H groups in total. The molecule has 1 amide bonds. The van der Waals surface area contributed by atoms with Crippen LogP contribution in [0.5, 0.6) is 5.75 Å². The Hall–Kier alpha value is -3.79. The summed E-state index contributed by atoms with van der Waals surface area (Å²) >= 11 is 0. The van der Waals surface area contributed by atoms with Crippen molar-refractivity contribution in [2.75, 3.05) is 6.61 Å². The van der Waals surface area contributed by atoms with Gasteiger partial charge in [0.25, 0.3) is 0 Å². The number of allylic oxidation sites excluding steroid dienone is 1. The van der Waals surface area contributed by atoms with E-state index in [-0.39, 0.29) is 5.91 Å². The molecule has 0 bridgehead atoms. The van der Waals surface area contributed by atoms with Gasteiger partial charge in [-0.2, -0.15) is 0 Å². The molecule has 33 heavy (non-hydrogen) atoms. The van der Waals surface area contributed by atoms with E-state index in [9.17, 15) is 4.79 Å². The van der Waals surface area contributed by atoms with Gasteiger partial charge in [0.2, 0.25) is 5.91 Å². The predicted octanol–water partition coefficient (Wildman–Crippen LogP) is 6.84. The van der Waals surface area contributed by atoms with Crippen LogP contribution >= 0.6 is 0 Å². The van der Waals surface area contributed by atoms with Gasteiger partial charge in [-0.15, -0.1) is 0 Å². The van der Waals surface area contributed by atoms with E-state index in [0.29, 0.717) is 18.9 Å². The molecule has 4 rings (SSSR count). The first-order valence-corrected chi connectivity index (χ1v) is 11.2. The summed E-state index contributed by atoms with van der Waals surface area (Å²) in [6.45, 7) is 9.01. The van der Waals surface area contributed by atoms with Crippen LogP contribution in [0.1, 0.15) is 36.1 Å². The maximum atomic E-state index is 12.6. The van der Waals surface area contributed by atoms with E-state index >= 15 is 0 Å². The number of carbonyl (C=O) groups is 1. The summed E-state index contributed by atoms with van der Waals surface area (Å²) < 4.78 is 11.7. The van der Waals surface area contributed by atoms with Gasteiger partial charge in [0.1, 0.15) is 11.3 Å². The molecule has 4 heteroatoms. The zero-order chi connectivity index (χ0) is 23.4. The number of hydrogen-bond donors (Lipinski definition) is 1. The number of ether oxygens (including phenoxy) is 1. The average molecular weight is 440 g/mol. The molecule has 0 spiro atoms. The Morgan fingerprint density at radius 3 is 2.33 bits per heavy atom. The molecule has 3 aromatic carbocycles. The van der Waals surface area contributed by atoms with Crippen LogP contribution in [0.4, 0.5) is 0 Å². The smallest absolute Gasteiger partial charge is 0.244 e. The molecular formula is C29H29NO3. The number of hydrogen-bond acceptors (Lipinski definition) is 3. The number of aryl methyl sites for hydroxylation is 2. The fraction of sp³-hybridized carbons (Fsp3) is 0.207. The Bertz CT molecular complexity index is 1300. The van der Waals surface area contributed by atoms with Crippen molar-refractivity contribution in [2.45, 2.75) is 34.2 Å². The molecule has 0 aliphatic carbocycles. The van der Waals surface area contributed by atoms with Crippen molar-refractivity contribution in [1.29, 1.82) is 0 Å². The number of amides is 1. The first kappa shape index (κ1) is 22.4. The number of fused-ring (bicyclic) bond motifs is 1. The van der Waals surface area contributed by atoms with Crippen molar-refractivity contribution >= 4 is 22.4 Å². The zero-order valence-electron chi connectivity index (χ0n) is 19.6. The topological polar surface area (TPSA) is 51.5 Å². The molecule has 0 unspecified atom stereocenters. The fourth-order valence-electron chi connectivity index (χ4n) is 3.82. The Labute approximate surface area is 194 Å². The second-order valence-electron chi connectivity index (χ2n) is 8.32.